The van der Waals surface area contributed by atoms with E-state index in [0.717, 1.165) is 74.6 Å². The number of hydrogen-bond donors (Lipinski definition) is 0. The van der Waals surface area contributed by atoms with Gasteiger partial charge in [0.2, 0.25) is 0 Å². The fourth-order valence-corrected chi connectivity index (χ4v) is 7.54. The molecule has 0 amide bonds. The zero-order chi connectivity index (χ0) is 40.4. The average Bonchev–Trinajstić information content (AvgIpc) is 3.90. The average molecular weight is 792 g/mol. The fraction of sp³-hybridized carbons (Fsp3) is 0.375. The van der Waals surface area contributed by atoms with Gasteiger partial charge in [-0.15, -0.1) is 22.7 Å². The second-order valence-corrected chi connectivity index (χ2v) is 15.6. The number of rotatable bonds is 23. The van der Waals surface area contributed by atoms with E-state index in [9.17, 15) is 4.79 Å². The first kappa shape index (κ1) is 45.5. The van der Waals surface area contributed by atoms with Gasteiger partial charge in [0, 0.05) is 86.4 Å². The standard InChI is InChI=1S/C24H30N2OS.C24H31NO2S/c1-4-6-17-26(18-7-5-2)21-12-10-20(24(19-21)27-3)11-13-23-15-14-22(28-23)9-8-16-25;1-4-6-16-25(17-7-5-2)21-12-10-20(24(19-21)27-3)11-13-23-15-14-22(28-23)9-8-18-26/h8-15,19H,4-7,17-18H2,1-3H3;8-15,18-19H,4-7,16-17H2,1-3H3/b2*9-8+,13-11+. The van der Waals surface area contributed by atoms with Crippen molar-refractivity contribution in [1.29, 1.82) is 5.26 Å². The van der Waals surface area contributed by atoms with Gasteiger partial charge in [-0.2, -0.15) is 5.26 Å². The Morgan fingerprint density at radius 3 is 1.32 bits per heavy atom. The fourth-order valence-electron chi connectivity index (χ4n) is 5.90. The summed E-state index contributed by atoms with van der Waals surface area (Å²) < 4.78 is 11.3. The van der Waals surface area contributed by atoms with E-state index in [0.29, 0.717) is 0 Å². The summed E-state index contributed by atoms with van der Waals surface area (Å²) in [7, 11) is 3.46. The van der Waals surface area contributed by atoms with Crippen molar-refractivity contribution < 1.29 is 14.3 Å². The smallest absolute Gasteiger partial charge is 0.142 e. The Bertz CT molecular complexity index is 1880. The van der Waals surface area contributed by atoms with Gasteiger partial charge in [0.15, 0.2) is 0 Å². The largest absolute Gasteiger partial charge is 0.496 e. The number of allylic oxidation sites excluding steroid dienone is 2. The molecule has 2 heterocycles. The summed E-state index contributed by atoms with van der Waals surface area (Å²) in [5, 5.41) is 8.64. The van der Waals surface area contributed by atoms with Crippen molar-refractivity contribution in [2.75, 3.05) is 50.2 Å². The van der Waals surface area contributed by atoms with Crippen LogP contribution in [0.3, 0.4) is 0 Å². The van der Waals surface area contributed by atoms with Crippen molar-refractivity contribution in [2.24, 2.45) is 0 Å². The zero-order valence-electron chi connectivity index (χ0n) is 34.3. The topological polar surface area (TPSA) is 65.8 Å². The van der Waals surface area contributed by atoms with Crippen LogP contribution in [0.5, 0.6) is 11.5 Å². The number of benzene rings is 2. The highest BCUT2D eigenvalue weighted by molar-refractivity contribution is 7.14. The Balaban J connectivity index is 0.000000300. The number of anilines is 2. The molecule has 0 fully saturated rings. The highest BCUT2D eigenvalue weighted by Crippen LogP contribution is 2.31. The molecule has 56 heavy (non-hydrogen) atoms. The monoisotopic (exact) mass is 791 g/mol. The summed E-state index contributed by atoms with van der Waals surface area (Å²) >= 11 is 3.31. The van der Waals surface area contributed by atoms with Crippen molar-refractivity contribution in [3.63, 3.8) is 0 Å². The van der Waals surface area contributed by atoms with Gasteiger partial charge >= 0.3 is 0 Å². The lowest BCUT2D eigenvalue weighted by Gasteiger charge is -2.25. The van der Waals surface area contributed by atoms with Crippen LogP contribution < -0.4 is 19.3 Å². The van der Waals surface area contributed by atoms with E-state index in [1.165, 1.54) is 74.9 Å². The minimum absolute atomic E-state index is 0.798. The van der Waals surface area contributed by atoms with E-state index in [-0.39, 0.29) is 0 Å². The van der Waals surface area contributed by atoms with Gasteiger partial charge in [-0.3, -0.25) is 4.79 Å². The third kappa shape index (κ3) is 15.7. The number of ether oxygens (including phenoxy) is 2. The summed E-state index contributed by atoms with van der Waals surface area (Å²) in [6.07, 6.45) is 25.5. The molecular formula is C48H61N3O3S2. The molecule has 6 nitrogen and oxygen atoms in total. The summed E-state index contributed by atoms with van der Waals surface area (Å²) in [6.45, 7) is 13.3. The Morgan fingerprint density at radius 2 is 0.964 bits per heavy atom. The number of hydrogen-bond acceptors (Lipinski definition) is 8. The van der Waals surface area contributed by atoms with Gasteiger partial charge in [0.05, 0.1) is 20.3 Å². The molecule has 298 valence electrons. The van der Waals surface area contributed by atoms with E-state index < -0.39 is 0 Å². The predicted octanol–water partition coefficient (Wildman–Crippen LogP) is 13.4. The zero-order valence-corrected chi connectivity index (χ0v) is 36.0. The molecule has 0 aliphatic carbocycles. The number of carbonyl (C=O) groups excluding carboxylic acids is 1. The third-order valence-corrected chi connectivity index (χ3v) is 11.1. The van der Waals surface area contributed by atoms with Crippen molar-refractivity contribution in [3.05, 3.63) is 103 Å². The van der Waals surface area contributed by atoms with Gasteiger partial charge in [-0.1, -0.05) is 53.4 Å². The number of carbonyl (C=O) groups is 1. The molecule has 0 N–H and O–H groups in total. The summed E-state index contributed by atoms with van der Waals surface area (Å²) in [4.78, 5) is 19.8. The van der Waals surface area contributed by atoms with Crippen LogP contribution in [0.1, 0.15) is 110 Å². The van der Waals surface area contributed by atoms with Crippen molar-refractivity contribution >= 4 is 76.8 Å². The minimum atomic E-state index is 0.798. The molecule has 2 aromatic carbocycles. The Kier molecular flexibility index (Phi) is 21.9. The molecule has 0 aliphatic rings. The number of thiophene rings is 2. The van der Waals surface area contributed by atoms with Crippen molar-refractivity contribution in [1.82, 2.24) is 0 Å². The van der Waals surface area contributed by atoms with Crippen LogP contribution >= 0.6 is 22.7 Å². The summed E-state index contributed by atoms with van der Waals surface area (Å²) in [5.74, 6) is 1.79. The Hall–Kier alpha value is -4.84. The van der Waals surface area contributed by atoms with Crippen LogP contribution in [0.25, 0.3) is 36.5 Å². The molecule has 0 saturated heterocycles. The van der Waals surface area contributed by atoms with E-state index in [2.05, 4.69) is 110 Å². The molecule has 8 heteroatoms. The highest BCUT2D eigenvalue weighted by Gasteiger charge is 2.11. The van der Waals surface area contributed by atoms with Gasteiger partial charge in [0.25, 0.3) is 0 Å². The second kappa shape index (κ2) is 26.9. The molecule has 0 unspecified atom stereocenters. The molecule has 0 atom stereocenters. The first-order chi connectivity index (χ1) is 27.4. The number of nitriles is 1. The SMILES string of the molecule is CCCCN(CCCC)c1ccc(/C=C/c2ccc(/C=C/C#N)s2)c(OC)c1.CCCCN(CCCC)c1ccc(/C=C/c2ccc(/C=C/C=O)s2)c(OC)c1. The molecule has 0 spiro atoms. The van der Waals surface area contributed by atoms with Crippen LogP contribution in [0, 0.1) is 11.3 Å². The lowest BCUT2D eigenvalue weighted by atomic mass is 10.1. The maximum absolute atomic E-state index is 10.4. The Morgan fingerprint density at radius 1 is 0.571 bits per heavy atom. The van der Waals surface area contributed by atoms with Crippen LogP contribution in [0.4, 0.5) is 11.4 Å². The van der Waals surface area contributed by atoms with E-state index in [1.54, 1.807) is 36.9 Å². The quantitative estimate of drug-likeness (QED) is 0.0423. The molecule has 0 aliphatic heterocycles. The lowest BCUT2D eigenvalue weighted by molar-refractivity contribution is -0.104. The first-order valence-electron chi connectivity index (χ1n) is 20.0. The van der Waals surface area contributed by atoms with E-state index >= 15 is 0 Å². The normalized spacial score (nSPS) is 11.3. The minimum Gasteiger partial charge on any atom is -0.496 e. The van der Waals surface area contributed by atoms with Gasteiger partial charge in [-0.05, 0) is 117 Å². The summed E-state index contributed by atoms with van der Waals surface area (Å²) in [5.41, 5.74) is 4.60. The van der Waals surface area contributed by atoms with E-state index in [4.69, 9.17) is 14.7 Å². The maximum Gasteiger partial charge on any atom is 0.142 e. The van der Waals surface area contributed by atoms with Crippen molar-refractivity contribution in [3.8, 4) is 17.6 Å². The van der Waals surface area contributed by atoms with Crippen molar-refractivity contribution in [2.45, 2.75) is 79.1 Å². The predicted molar refractivity (Wildman–Crippen MR) is 246 cm³/mol. The number of nitrogens with zero attached hydrogens (tertiary/aromatic N) is 3. The molecule has 2 aromatic heterocycles. The lowest BCUT2D eigenvalue weighted by Crippen LogP contribution is -2.25. The number of unbranched alkanes of at least 4 members (excludes halogenated alkanes) is 4. The van der Waals surface area contributed by atoms with E-state index in [1.807, 2.05) is 30.4 Å². The number of aldehydes is 1. The van der Waals surface area contributed by atoms with Gasteiger partial charge in [0.1, 0.15) is 17.8 Å². The Labute approximate surface area is 345 Å². The van der Waals surface area contributed by atoms with Crippen LogP contribution in [0.2, 0.25) is 0 Å². The van der Waals surface area contributed by atoms with Crippen LogP contribution in [-0.4, -0.2) is 46.7 Å². The van der Waals surface area contributed by atoms with Crippen LogP contribution in [-0.2, 0) is 4.79 Å². The summed E-state index contributed by atoms with van der Waals surface area (Å²) in [6, 6.07) is 23.2. The highest BCUT2D eigenvalue weighted by atomic mass is 32.1. The molecule has 0 radical (unpaired) electrons. The van der Waals surface area contributed by atoms with Crippen LogP contribution in [0.15, 0.2) is 72.8 Å². The molecule has 0 bridgehead atoms. The number of methoxy groups -OCH3 is 2. The third-order valence-electron chi connectivity index (χ3n) is 9.10. The first-order valence-corrected chi connectivity index (χ1v) is 21.7. The second-order valence-electron chi connectivity index (χ2n) is 13.3. The molecule has 4 aromatic rings. The molecule has 4 rings (SSSR count). The molecular weight excluding hydrogens is 731 g/mol. The van der Waals surface area contributed by atoms with Gasteiger partial charge in [-0.25, -0.2) is 0 Å². The maximum atomic E-state index is 10.4. The van der Waals surface area contributed by atoms with Gasteiger partial charge < -0.3 is 19.3 Å². The molecule has 0 saturated carbocycles.